The lowest BCUT2D eigenvalue weighted by Gasteiger charge is -2.08. The first kappa shape index (κ1) is 13.2. The van der Waals surface area contributed by atoms with Gasteiger partial charge in [-0.2, -0.15) is 4.39 Å². The average molecular weight is 285 g/mol. The number of nitrogens with zero attached hydrogens (tertiary/aromatic N) is 3. The van der Waals surface area contributed by atoms with E-state index in [0.29, 0.717) is 0 Å². The van der Waals surface area contributed by atoms with Crippen LogP contribution < -0.4 is 0 Å². The molecule has 1 aromatic heterocycles. The average Bonchev–Trinajstić information content (AvgIpc) is 2.77. The number of para-hydroxylation sites is 2. The zero-order chi connectivity index (χ0) is 15.0. The van der Waals surface area contributed by atoms with Crippen molar-refractivity contribution in [2.75, 3.05) is 0 Å². The molecule has 21 heavy (non-hydrogen) atoms. The lowest BCUT2D eigenvalue weighted by Crippen LogP contribution is -2.05. The molecule has 6 heteroatoms. The van der Waals surface area contributed by atoms with Gasteiger partial charge in [0.2, 0.25) is 5.82 Å². The third kappa shape index (κ3) is 2.24. The van der Waals surface area contributed by atoms with E-state index in [0.717, 1.165) is 22.9 Å². The Morgan fingerprint density at radius 2 is 2.00 bits per heavy atom. The second-order valence-electron chi connectivity index (χ2n) is 4.74. The van der Waals surface area contributed by atoms with Crippen molar-refractivity contribution in [3.8, 4) is 0 Å². The monoisotopic (exact) mass is 285 g/mol. The summed E-state index contributed by atoms with van der Waals surface area (Å²) in [7, 11) is 0. The number of hydrogen-bond donors (Lipinski definition) is 0. The summed E-state index contributed by atoms with van der Waals surface area (Å²) in [6.45, 7) is 2.04. The molecule has 2 aromatic carbocycles. The van der Waals surface area contributed by atoms with Gasteiger partial charge in [0.25, 0.3) is 0 Å². The van der Waals surface area contributed by atoms with E-state index in [1.165, 1.54) is 6.07 Å². The number of aromatic nitrogens is 2. The first-order valence-electron chi connectivity index (χ1n) is 6.41. The molecule has 5 nitrogen and oxygen atoms in total. The molecule has 0 amide bonds. The highest BCUT2D eigenvalue weighted by Gasteiger charge is 2.18. The topological polar surface area (TPSA) is 61.0 Å². The van der Waals surface area contributed by atoms with Crippen LogP contribution in [0.25, 0.3) is 11.0 Å². The van der Waals surface area contributed by atoms with Gasteiger partial charge in [0.15, 0.2) is 0 Å². The summed E-state index contributed by atoms with van der Waals surface area (Å²) in [6, 6.07) is 11.7. The van der Waals surface area contributed by atoms with E-state index in [1.54, 1.807) is 6.07 Å². The van der Waals surface area contributed by atoms with Crippen LogP contribution >= 0.6 is 0 Å². The standard InChI is InChI=1S/C15H12FN3O2/c1-10-17-12-6-2-3-7-13(12)18(10)9-11-5-4-8-14(15(11)16)19(20)21/h2-8H,9H2,1H3. The van der Waals surface area contributed by atoms with Gasteiger partial charge in [0.1, 0.15) is 5.82 Å². The van der Waals surface area contributed by atoms with Crippen molar-refractivity contribution < 1.29 is 9.31 Å². The summed E-state index contributed by atoms with van der Waals surface area (Å²) < 4.78 is 16.0. The van der Waals surface area contributed by atoms with Crippen molar-refractivity contribution in [3.63, 3.8) is 0 Å². The number of imidazole rings is 1. The van der Waals surface area contributed by atoms with E-state index in [4.69, 9.17) is 0 Å². The van der Waals surface area contributed by atoms with Gasteiger partial charge >= 0.3 is 5.69 Å². The minimum absolute atomic E-state index is 0.208. The third-order valence-electron chi connectivity index (χ3n) is 3.43. The molecule has 0 atom stereocenters. The molecule has 0 unspecified atom stereocenters. The molecule has 1 heterocycles. The Morgan fingerprint density at radius 1 is 1.24 bits per heavy atom. The zero-order valence-electron chi connectivity index (χ0n) is 11.3. The second-order valence-corrected chi connectivity index (χ2v) is 4.74. The summed E-state index contributed by atoms with van der Waals surface area (Å²) in [5.41, 5.74) is 1.46. The third-order valence-corrected chi connectivity index (χ3v) is 3.43. The van der Waals surface area contributed by atoms with Crippen LogP contribution in [0.2, 0.25) is 0 Å². The van der Waals surface area contributed by atoms with E-state index in [-0.39, 0.29) is 12.1 Å². The first-order chi connectivity index (χ1) is 10.1. The Hall–Kier alpha value is -2.76. The van der Waals surface area contributed by atoms with Crippen LogP contribution in [0.15, 0.2) is 42.5 Å². The molecule has 3 rings (SSSR count). The molecule has 0 N–H and O–H groups in total. The van der Waals surface area contributed by atoms with Crippen molar-refractivity contribution in [1.29, 1.82) is 0 Å². The SMILES string of the molecule is Cc1nc2ccccc2n1Cc1cccc([N+](=O)[O-])c1F. The number of nitro groups is 1. The summed E-state index contributed by atoms with van der Waals surface area (Å²) in [5.74, 6) is -0.0539. The van der Waals surface area contributed by atoms with Crippen LogP contribution in [-0.4, -0.2) is 14.5 Å². The summed E-state index contributed by atoms with van der Waals surface area (Å²) >= 11 is 0. The second kappa shape index (κ2) is 4.97. The van der Waals surface area contributed by atoms with Crippen molar-refractivity contribution in [2.24, 2.45) is 0 Å². The van der Waals surface area contributed by atoms with Gasteiger partial charge in [0.05, 0.1) is 22.5 Å². The number of halogens is 1. The Labute approximate surface area is 119 Å². The van der Waals surface area contributed by atoms with Gasteiger partial charge < -0.3 is 4.57 Å². The van der Waals surface area contributed by atoms with E-state index in [9.17, 15) is 14.5 Å². The predicted molar refractivity (Wildman–Crippen MR) is 76.6 cm³/mol. The maximum atomic E-state index is 14.2. The zero-order valence-corrected chi connectivity index (χ0v) is 11.3. The Balaban J connectivity index is 2.09. The van der Waals surface area contributed by atoms with Crippen LogP contribution in [0.3, 0.4) is 0 Å². The van der Waals surface area contributed by atoms with Crippen LogP contribution in [0, 0.1) is 22.9 Å². The molecule has 0 saturated heterocycles. The number of nitro benzene ring substituents is 1. The number of hydrogen-bond acceptors (Lipinski definition) is 3. The van der Waals surface area contributed by atoms with E-state index >= 15 is 0 Å². The van der Waals surface area contributed by atoms with Crippen LogP contribution in [-0.2, 0) is 6.54 Å². The molecule has 0 radical (unpaired) electrons. The molecule has 0 aliphatic rings. The lowest BCUT2D eigenvalue weighted by molar-refractivity contribution is -0.387. The maximum absolute atomic E-state index is 14.2. The highest BCUT2D eigenvalue weighted by atomic mass is 19.1. The fourth-order valence-electron chi connectivity index (χ4n) is 2.40. The Kier molecular flexibility index (Phi) is 3.13. The Morgan fingerprint density at radius 3 is 2.76 bits per heavy atom. The molecule has 0 fully saturated rings. The molecule has 0 spiro atoms. The summed E-state index contributed by atoms with van der Waals surface area (Å²) in [4.78, 5) is 14.5. The minimum atomic E-state index is -0.792. The molecule has 0 aliphatic heterocycles. The smallest absolute Gasteiger partial charge is 0.305 e. The molecule has 0 aliphatic carbocycles. The number of benzene rings is 2. The van der Waals surface area contributed by atoms with Crippen molar-refractivity contribution in [3.05, 3.63) is 69.8 Å². The van der Waals surface area contributed by atoms with Gasteiger partial charge in [-0.1, -0.05) is 24.3 Å². The fraction of sp³-hybridized carbons (Fsp3) is 0.133. The van der Waals surface area contributed by atoms with E-state index < -0.39 is 16.4 Å². The molecular formula is C15H12FN3O2. The van der Waals surface area contributed by atoms with Gasteiger partial charge in [-0.25, -0.2) is 4.98 Å². The first-order valence-corrected chi connectivity index (χ1v) is 6.41. The Bertz CT molecular complexity index is 842. The van der Waals surface area contributed by atoms with Crippen molar-refractivity contribution in [2.45, 2.75) is 13.5 Å². The van der Waals surface area contributed by atoms with E-state index in [1.807, 2.05) is 35.8 Å². The molecule has 3 aromatic rings. The van der Waals surface area contributed by atoms with Crippen LogP contribution in [0.5, 0.6) is 0 Å². The summed E-state index contributed by atoms with van der Waals surface area (Å²) in [5, 5.41) is 10.8. The normalized spacial score (nSPS) is 11.0. The molecular weight excluding hydrogens is 273 g/mol. The lowest BCUT2D eigenvalue weighted by atomic mass is 10.1. The largest absolute Gasteiger partial charge is 0.324 e. The number of rotatable bonds is 3. The molecule has 0 saturated carbocycles. The van der Waals surface area contributed by atoms with Gasteiger partial charge in [-0.15, -0.1) is 0 Å². The number of fused-ring (bicyclic) bond motifs is 1. The van der Waals surface area contributed by atoms with Crippen molar-refractivity contribution in [1.82, 2.24) is 9.55 Å². The fourth-order valence-corrected chi connectivity index (χ4v) is 2.40. The summed E-state index contributed by atoms with van der Waals surface area (Å²) in [6.07, 6.45) is 0. The minimum Gasteiger partial charge on any atom is -0.324 e. The van der Waals surface area contributed by atoms with Crippen LogP contribution in [0.1, 0.15) is 11.4 Å². The highest BCUT2D eigenvalue weighted by Crippen LogP contribution is 2.23. The molecule has 0 bridgehead atoms. The number of aryl methyl sites for hydroxylation is 1. The van der Waals surface area contributed by atoms with Gasteiger partial charge in [-0.05, 0) is 19.1 Å². The van der Waals surface area contributed by atoms with Gasteiger partial charge in [0, 0.05) is 11.6 Å². The molecule has 106 valence electrons. The van der Waals surface area contributed by atoms with Crippen LogP contribution in [0.4, 0.5) is 10.1 Å². The van der Waals surface area contributed by atoms with E-state index in [2.05, 4.69) is 4.98 Å². The predicted octanol–water partition coefficient (Wildman–Crippen LogP) is 3.44. The quantitative estimate of drug-likeness (QED) is 0.547. The van der Waals surface area contributed by atoms with Gasteiger partial charge in [-0.3, -0.25) is 10.1 Å². The highest BCUT2D eigenvalue weighted by molar-refractivity contribution is 5.76. The van der Waals surface area contributed by atoms with Crippen molar-refractivity contribution >= 4 is 16.7 Å². The maximum Gasteiger partial charge on any atom is 0.305 e.